The van der Waals surface area contributed by atoms with Crippen LogP contribution in [0.25, 0.3) is 0 Å². The molecule has 0 saturated heterocycles. The van der Waals surface area contributed by atoms with Crippen molar-refractivity contribution in [3.8, 4) is 0 Å². The summed E-state index contributed by atoms with van der Waals surface area (Å²) in [5.41, 5.74) is 0. The number of hydrogen-bond acceptors (Lipinski definition) is 3. The molecule has 1 amide bonds. The van der Waals surface area contributed by atoms with Crippen molar-refractivity contribution in [2.75, 3.05) is 6.54 Å². The Morgan fingerprint density at radius 1 is 1.39 bits per heavy atom. The van der Waals surface area contributed by atoms with E-state index in [1.165, 1.54) is 0 Å². The standard InChI is InChI=1S/C13H24N4O/c1-4-11(5-2)16-13(18)10-17-8-7-15-12(17)9-14-6-3/h7-8,11,14H,4-6,9-10H2,1-3H3,(H,16,18). The number of aromatic nitrogens is 2. The first-order valence-electron chi connectivity index (χ1n) is 6.71. The second kappa shape index (κ2) is 7.87. The zero-order valence-electron chi connectivity index (χ0n) is 11.6. The fourth-order valence-electron chi connectivity index (χ4n) is 1.81. The minimum atomic E-state index is 0.0550. The lowest BCUT2D eigenvalue weighted by atomic mass is 10.2. The van der Waals surface area contributed by atoms with Crippen molar-refractivity contribution in [2.45, 2.75) is 52.7 Å². The van der Waals surface area contributed by atoms with Crippen molar-refractivity contribution in [3.63, 3.8) is 0 Å². The minimum absolute atomic E-state index is 0.0550. The van der Waals surface area contributed by atoms with Crippen molar-refractivity contribution < 1.29 is 4.79 Å². The Hall–Kier alpha value is -1.36. The van der Waals surface area contributed by atoms with E-state index in [0.29, 0.717) is 13.1 Å². The molecule has 1 rings (SSSR count). The molecule has 5 heteroatoms. The van der Waals surface area contributed by atoms with Crippen molar-refractivity contribution >= 4 is 5.91 Å². The monoisotopic (exact) mass is 252 g/mol. The summed E-state index contributed by atoms with van der Waals surface area (Å²) in [7, 11) is 0. The van der Waals surface area contributed by atoms with Gasteiger partial charge in [0.1, 0.15) is 12.4 Å². The third kappa shape index (κ3) is 4.49. The number of amides is 1. The highest BCUT2D eigenvalue weighted by atomic mass is 16.2. The Bertz CT molecular complexity index is 358. The van der Waals surface area contributed by atoms with Gasteiger partial charge in [-0.2, -0.15) is 0 Å². The average Bonchev–Trinajstić information content (AvgIpc) is 2.80. The number of nitrogens with one attached hydrogen (secondary N) is 2. The Kier molecular flexibility index (Phi) is 6.43. The quantitative estimate of drug-likeness (QED) is 0.733. The SMILES string of the molecule is CCNCc1nccn1CC(=O)NC(CC)CC. The molecule has 0 radical (unpaired) electrons. The van der Waals surface area contributed by atoms with E-state index in [2.05, 4.69) is 29.5 Å². The molecular weight excluding hydrogens is 228 g/mol. The van der Waals surface area contributed by atoms with Crippen LogP contribution in [0.3, 0.4) is 0 Å². The first kappa shape index (κ1) is 14.7. The summed E-state index contributed by atoms with van der Waals surface area (Å²) >= 11 is 0. The third-order valence-electron chi connectivity index (χ3n) is 3.00. The normalized spacial score (nSPS) is 10.9. The van der Waals surface area contributed by atoms with Crippen molar-refractivity contribution in [3.05, 3.63) is 18.2 Å². The highest BCUT2D eigenvalue weighted by Gasteiger charge is 2.10. The molecule has 0 aliphatic rings. The van der Waals surface area contributed by atoms with Crippen molar-refractivity contribution in [1.82, 2.24) is 20.2 Å². The van der Waals surface area contributed by atoms with E-state index in [1.807, 2.05) is 17.7 Å². The smallest absolute Gasteiger partial charge is 0.240 e. The highest BCUT2D eigenvalue weighted by Crippen LogP contribution is 2.00. The summed E-state index contributed by atoms with van der Waals surface area (Å²) in [4.78, 5) is 16.1. The summed E-state index contributed by atoms with van der Waals surface area (Å²) in [5, 5.41) is 6.24. The molecular formula is C13H24N4O. The Morgan fingerprint density at radius 2 is 2.11 bits per heavy atom. The molecule has 0 bridgehead atoms. The molecule has 2 N–H and O–H groups in total. The first-order valence-corrected chi connectivity index (χ1v) is 6.71. The number of imidazole rings is 1. The zero-order valence-corrected chi connectivity index (χ0v) is 11.6. The lowest BCUT2D eigenvalue weighted by molar-refractivity contribution is -0.122. The van der Waals surface area contributed by atoms with E-state index in [4.69, 9.17) is 0 Å². The molecule has 1 heterocycles. The van der Waals surface area contributed by atoms with E-state index in [1.54, 1.807) is 6.20 Å². The van der Waals surface area contributed by atoms with Crippen molar-refractivity contribution in [2.24, 2.45) is 0 Å². The van der Waals surface area contributed by atoms with Gasteiger partial charge in [-0.25, -0.2) is 4.98 Å². The van der Waals surface area contributed by atoms with Gasteiger partial charge in [0.2, 0.25) is 5.91 Å². The fourth-order valence-corrected chi connectivity index (χ4v) is 1.81. The second-order valence-electron chi connectivity index (χ2n) is 4.33. The molecule has 1 aromatic heterocycles. The Morgan fingerprint density at radius 3 is 2.72 bits per heavy atom. The molecule has 102 valence electrons. The number of carbonyl (C=O) groups excluding carboxylic acids is 1. The van der Waals surface area contributed by atoms with E-state index >= 15 is 0 Å². The highest BCUT2D eigenvalue weighted by molar-refractivity contribution is 5.76. The molecule has 0 atom stereocenters. The maximum atomic E-state index is 11.9. The van der Waals surface area contributed by atoms with Crippen LogP contribution in [0, 0.1) is 0 Å². The van der Waals surface area contributed by atoms with Crippen molar-refractivity contribution in [1.29, 1.82) is 0 Å². The summed E-state index contributed by atoms with van der Waals surface area (Å²) in [6, 6.07) is 0.276. The summed E-state index contributed by atoms with van der Waals surface area (Å²) in [6.45, 7) is 8.16. The van der Waals surface area contributed by atoms with Gasteiger partial charge in [-0.05, 0) is 19.4 Å². The lowest BCUT2D eigenvalue weighted by Gasteiger charge is -2.15. The van der Waals surface area contributed by atoms with E-state index < -0.39 is 0 Å². The van der Waals surface area contributed by atoms with Crippen LogP contribution in [0.1, 0.15) is 39.4 Å². The van der Waals surface area contributed by atoms with Crippen LogP contribution < -0.4 is 10.6 Å². The van der Waals surface area contributed by atoms with Gasteiger partial charge in [-0.1, -0.05) is 20.8 Å². The van der Waals surface area contributed by atoms with Gasteiger partial charge >= 0.3 is 0 Å². The predicted molar refractivity (Wildman–Crippen MR) is 72.1 cm³/mol. The molecule has 0 unspecified atom stereocenters. The average molecular weight is 252 g/mol. The van der Waals surface area contributed by atoms with Gasteiger partial charge in [0.25, 0.3) is 0 Å². The number of carbonyl (C=O) groups is 1. The van der Waals surface area contributed by atoms with Crippen LogP contribution in [0.5, 0.6) is 0 Å². The molecule has 0 aromatic carbocycles. The van der Waals surface area contributed by atoms with Crippen LogP contribution >= 0.6 is 0 Å². The summed E-state index contributed by atoms with van der Waals surface area (Å²) in [5.74, 6) is 0.955. The van der Waals surface area contributed by atoms with Gasteiger partial charge < -0.3 is 15.2 Å². The molecule has 0 saturated carbocycles. The van der Waals surface area contributed by atoms with Crippen LogP contribution in [-0.4, -0.2) is 28.0 Å². The van der Waals surface area contributed by atoms with Gasteiger partial charge in [-0.3, -0.25) is 4.79 Å². The first-order chi connectivity index (χ1) is 8.71. The van der Waals surface area contributed by atoms with Crippen LogP contribution in [0.2, 0.25) is 0 Å². The topological polar surface area (TPSA) is 59.0 Å². The third-order valence-corrected chi connectivity index (χ3v) is 3.00. The number of nitrogens with zero attached hydrogens (tertiary/aromatic N) is 2. The van der Waals surface area contributed by atoms with E-state index in [9.17, 15) is 4.79 Å². The van der Waals surface area contributed by atoms with Crippen LogP contribution in [0.15, 0.2) is 12.4 Å². The predicted octanol–water partition coefficient (Wildman–Crippen LogP) is 1.30. The molecule has 0 aliphatic heterocycles. The zero-order chi connectivity index (χ0) is 13.4. The van der Waals surface area contributed by atoms with Gasteiger partial charge in [0, 0.05) is 18.4 Å². The van der Waals surface area contributed by atoms with Crippen LogP contribution in [-0.2, 0) is 17.9 Å². The maximum Gasteiger partial charge on any atom is 0.240 e. The summed E-state index contributed by atoms with van der Waals surface area (Å²) < 4.78 is 1.89. The summed E-state index contributed by atoms with van der Waals surface area (Å²) in [6.07, 6.45) is 5.52. The van der Waals surface area contributed by atoms with Gasteiger partial charge in [0.15, 0.2) is 0 Å². The number of hydrogen-bond donors (Lipinski definition) is 2. The molecule has 0 fully saturated rings. The Balaban J connectivity index is 2.51. The molecule has 1 aromatic rings. The lowest BCUT2D eigenvalue weighted by Crippen LogP contribution is -2.36. The largest absolute Gasteiger partial charge is 0.352 e. The molecule has 18 heavy (non-hydrogen) atoms. The van der Waals surface area contributed by atoms with E-state index in [-0.39, 0.29) is 11.9 Å². The van der Waals surface area contributed by atoms with Gasteiger partial charge in [0.05, 0.1) is 6.54 Å². The molecule has 0 spiro atoms. The number of rotatable bonds is 8. The van der Waals surface area contributed by atoms with Crippen LogP contribution in [0.4, 0.5) is 0 Å². The minimum Gasteiger partial charge on any atom is -0.352 e. The Labute approximate surface area is 109 Å². The maximum absolute atomic E-state index is 11.9. The fraction of sp³-hybridized carbons (Fsp3) is 0.692. The second-order valence-corrected chi connectivity index (χ2v) is 4.33. The molecule has 5 nitrogen and oxygen atoms in total. The van der Waals surface area contributed by atoms with Gasteiger partial charge in [-0.15, -0.1) is 0 Å². The van der Waals surface area contributed by atoms with E-state index in [0.717, 1.165) is 25.2 Å². The molecule has 0 aliphatic carbocycles.